The molecule has 0 aromatic carbocycles. The molecule has 1 heterocycles. The fourth-order valence-corrected chi connectivity index (χ4v) is 3.12. The number of nitrogens with one attached hydrogen (secondary N) is 1. The highest BCUT2D eigenvalue weighted by Gasteiger charge is 2.23. The van der Waals surface area contributed by atoms with Gasteiger partial charge in [-0.2, -0.15) is 5.26 Å². The number of nitrogens with zero attached hydrogens (tertiary/aromatic N) is 2. The normalized spacial score (nSPS) is 32.2. The van der Waals surface area contributed by atoms with Crippen molar-refractivity contribution >= 4 is 0 Å². The molecule has 0 amide bonds. The molecule has 1 aliphatic carbocycles. The molecule has 96 valence electrons. The van der Waals surface area contributed by atoms with Gasteiger partial charge < -0.3 is 5.32 Å². The summed E-state index contributed by atoms with van der Waals surface area (Å²) in [6.45, 7) is 5.16. The van der Waals surface area contributed by atoms with Crippen LogP contribution in [0.4, 0.5) is 0 Å². The summed E-state index contributed by atoms with van der Waals surface area (Å²) in [7, 11) is 0. The van der Waals surface area contributed by atoms with Crippen molar-refractivity contribution in [3.63, 3.8) is 0 Å². The standard InChI is InChI=1S/C14H25N3/c1-12-2-4-13(5-3-12)16-14-6-9-17(10-7-14)11-8-15/h12-14,16H,2-7,9-11H2,1H3/t12-,13-. The zero-order chi connectivity index (χ0) is 12.1. The Morgan fingerprint density at radius 1 is 1.06 bits per heavy atom. The number of nitriles is 1. The molecule has 0 bridgehead atoms. The minimum atomic E-state index is 0.605. The molecule has 0 radical (unpaired) electrons. The molecule has 1 saturated heterocycles. The first kappa shape index (κ1) is 12.9. The number of likely N-dealkylation sites (tertiary alicyclic amines) is 1. The summed E-state index contributed by atoms with van der Waals surface area (Å²) in [5.41, 5.74) is 0. The van der Waals surface area contributed by atoms with E-state index < -0.39 is 0 Å². The second-order valence-electron chi connectivity index (χ2n) is 5.83. The first-order valence-corrected chi connectivity index (χ1v) is 7.13. The minimum Gasteiger partial charge on any atom is -0.311 e. The third-order valence-corrected chi connectivity index (χ3v) is 4.37. The molecule has 1 aliphatic heterocycles. The van der Waals surface area contributed by atoms with Gasteiger partial charge in [-0.25, -0.2) is 0 Å². The molecule has 0 atom stereocenters. The highest BCUT2D eigenvalue weighted by Crippen LogP contribution is 2.24. The van der Waals surface area contributed by atoms with E-state index >= 15 is 0 Å². The molecule has 0 spiro atoms. The quantitative estimate of drug-likeness (QED) is 0.762. The second-order valence-corrected chi connectivity index (χ2v) is 5.83. The van der Waals surface area contributed by atoms with Crippen LogP contribution in [0.25, 0.3) is 0 Å². The molecule has 0 unspecified atom stereocenters. The summed E-state index contributed by atoms with van der Waals surface area (Å²) in [6.07, 6.45) is 7.94. The molecule has 2 fully saturated rings. The third-order valence-electron chi connectivity index (χ3n) is 4.37. The van der Waals surface area contributed by atoms with Gasteiger partial charge in [0, 0.05) is 25.2 Å². The van der Waals surface area contributed by atoms with Crippen LogP contribution in [-0.4, -0.2) is 36.6 Å². The first-order valence-electron chi connectivity index (χ1n) is 7.13. The Bertz CT molecular complexity index is 255. The lowest BCUT2D eigenvalue weighted by atomic mass is 9.86. The van der Waals surface area contributed by atoms with Gasteiger partial charge in [0.25, 0.3) is 0 Å². The maximum absolute atomic E-state index is 8.66. The Balaban J connectivity index is 1.66. The van der Waals surface area contributed by atoms with Crippen molar-refractivity contribution in [3.05, 3.63) is 0 Å². The monoisotopic (exact) mass is 235 g/mol. The number of rotatable bonds is 3. The van der Waals surface area contributed by atoms with Crippen molar-refractivity contribution in [1.29, 1.82) is 5.26 Å². The number of hydrogen-bond acceptors (Lipinski definition) is 3. The van der Waals surface area contributed by atoms with Crippen LogP contribution >= 0.6 is 0 Å². The van der Waals surface area contributed by atoms with Crippen LogP contribution in [-0.2, 0) is 0 Å². The molecule has 1 N–H and O–H groups in total. The summed E-state index contributed by atoms with van der Waals surface area (Å²) in [5.74, 6) is 0.936. The van der Waals surface area contributed by atoms with E-state index in [1.165, 1.54) is 38.5 Å². The van der Waals surface area contributed by atoms with Gasteiger partial charge in [-0.15, -0.1) is 0 Å². The molecular formula is C14H25N3. The molecule has 0 aromatic heterocycles. The molecule has 17 heavy (non-hydrogen) atoms. The average Bonchev–Trinajstić information content (AvgIpc) is 2.35. The van der Waals surface area contributed by atoms with E-state index in [1.54, 1.807) is 0 Å². The van der Waals surface area contributed by atoms with E-state index in [2.05, 4.69) is 23.2 Å². The third kappa shape index (κ3) is 3.97. The minimum absolute atomic E-state index is 0.605. The van der Waals surface area contributed by atoms with Gasteiger partial charge in [-0.05, 0) is 44.4 Å². The van der Waals surface area contributed by atoms with Crippen LogP contribution < -0.4 is 5.32 Å². The second kappa shape index (κ2) is 6.37. The highest BCUT2D eigenvalue weighted by atomic mass is 15.1. The lowest BCUT2D eigenvalue weighted by Gasteiger charge is -2.35. The van der Waals surface area contributed by atoms with E-state index in [-0.39, 0.29) is 0 Å². The van der Waals surface area contributed by atoms with E-state index in [4.69, 9.17) is 5.26 Å². The van der Waals surface area contributed by atoms with Gasteiger partial charge in [0.2, 0.25) is 0 Å². The van der Waals surface area contributed by atoms with Crippen molar-refractivity contribution in [3.8, 4) is 6.07 Å². The maximum atomic E-state index is 8.66. The van der Waals surface area contributed by atoms with Gasteiger partial charge >= 0.3 is 0 Å². The smallest absolute Gasteiger partial charge is 0.0866 e. The Kier molecular flexibility index (Phi) is 4.82. The van der Waals surface area contributed by atoms with Gasteiger partial charge in [-0.1, -0.05) is 6.92 Å². The average molecular weight is 235 g/mol. The molecule has 2 rings (SSSR count). The summed E-state index contributed by atoms with van der Waals surface area (Å²) >= 11 is 0. The predicted molar refractivity (Wildman–Crippen MR) is 69.6 cm³/mol. The number of piperidine rings is 1. The van der Waals surface area contributed by atoms with Crippen LogP contribution in [0.2, 0.25) is 0 Å². The Labute approximate surface area is 105 Å². The molecule has 1 saturated carbocycles. The van der Waals surface area contributed by atoms with Gasteiger partial charge in [-0.3, -0.25) is 4.90 Å². The molecular weight excluding hydrogens is 210 g/mol. The van der Waals surface area contributed by atoms with Crippen molar-refractivity contribution < 1.29 is 0 Å². The van der Waals surface area contributed by atoms with Crippen LogP contribution in [0, 0.1) is 17.2 Å². The summed E-state index contributed by atoms with van der Waals surface area (Å²) < 4.78 is 0. The fourth-order valence-electron chi connectivity index (χ4n) is 3.12. The zero-order valence-electron chi connectivity index (χ0n) is 11.0. The predicted octanol–water partition coefficient (Wildman–Crippen LogP) is 2.14. The topological polar surface area (TPSA) is 39.1 Å². The van der Waals surface area contributed by atoms with Crippen molar-refractivity contribution in [1.82, 2.24) is 10.2 Å². The van der Waals surface area contributed by atoms with Crippen LogP contribution in [0.1, 0.15) is 45.4 Å². The first-order chi connectivity index (χ1) is 8.28. The van der Waals surface area contributed by atoms with Crippen molar-refractivity contribution in [2.75, 3.05) is 19.6 Å². The van der Waals surface area contributed by atoms with E-state index in [0.717, 1.165) is 25.0 Å². The molecule has 3 nitrogen and oxygen atoms in total. The highest BCUT2D eigenvalue weighted by molar-refractivity contribution is 4.86. The fraction of sp³-hybridized carbons (Fsp3) is 0.929. The lowest BCUT2D eigenvalue weighted by molar-refractivity contribution is 0.193. The largest absolute Gasteiger partial charge is 0.311 e. The Morgan fingerprint density at radius 2 is 1.65 bits per heavy atom. The lowest BCUT2D eigenvalue weighted by Crippen LogP contribution is -2.47. The summed E-state index contributed by atoms with van der Waals surface area (Å²) in [6, 6.07) is 3.70. The van der Waals surface area contributed by atoms with E-state index in [1.807, 2.05) is 0 Å². The molecule has 3 heteroatoms. The van der Waals surface area contributed by atoms with Gasteiger partial charge in [0.05, 0.1) is 12.6 Å². The van der Waals surface area contributed by atoms with Crippen LogP contribution in [0.15, 0.2) is 0 Å². The summed E-state index contributed by atoms with van der Waals surface area (Å²) in [4.78, 5) is 2.27. The van der Waals surface area contributed by atoms with Crippen molar-refractivity contribution in [2.45, 2.75) is 57.5 Å². The van der Waals surface area contributed by atoms with Gasteiger partial charge in [0.1, 0.15) is 0 Å². The Hall–Kier alpha value is -0.590. The Morgan fingerprint density at radius 3 is 2.24 bits per heavy atom. The van der Waals surface area contributed by atoms with E-state index in [0.29, 0.717) is 12.6 Å². The molecule has 0 aromatic rings. The molecule has 2 aliphatic rings. The van der Waals surface area contributed by atoms with Crippen LogP contribution in [0.3, 0.4) is 0 Å². The van der Waals surface area contributed by atoms with Gasteiger partial charge in [0.15, 0.2) is 0 Å². The zero-order valence-corrected chi connectivity index (χ0v) is 11.0. The van der Waals surface area contributed by atoms with Crippen LogP contribution in [0.5, 0.6) is 0 Å². The maximum Gasteiger partial charge on any atom is 0.0866 e. The van der Waals surface area contributed by atoms with E-state index in [9.17, 15) is 0 Å². The summed E-state index contributed by atoms with van der Waals surface area (Å²) in [5, 5.41) is 12.5. The number of hydrogen-bond donors (Lipinski definition) is 1. The SMILES string of the molecule is C[C@H]1CC[C@H](NC2CCN(CC#N)CC2)CC1. The van der Waals surface area contributed by atoms with Crippen molar-refractivity contribution in [2.24, 2.45) is 5.92 Å².